The van der Waals surface area contributed by atoms with E-state index in [9.17, 15) is 4.79 Å². The molecule has 3 aromatic rings. The van der Waals surface area contributed by atoms with Crippen LogP contribution in [0.25, 0.3) is 11.1 Å². The zero-order chi connectivity index (χ0) is 17.1. The van der Waals surface area contributed by atoms with Gasteiger partial charge in [-0.1, -0.05) is 18.2 Å². The van der Waals surface area contributed by atoms with Crippen LogP contribution in [0, 0.1) is 0 Å². The van der Waals surface area contributed by atoms with Crippen LogP contribution in [-0.2, 0) is 7.05 Å². The van der Waals surface area contributed by atoms with Crippen molar-refractivity contribution < 1.29 is 4.74 Å². The fourth-order valence-electron chi connectivity index (χ4n) is 2.51. The third kappa shape index (κ3) is 2.96. The third-order valence-corrected chi connectivity index (χ3v) is 3.83. The number of para-hydroxylation sites is 1. The Morgan fingerprint density at radius 1 is 1.04 bits per heavy atom. The molecule has 0 aliphatic heterocycles. The number of nitrogen functional groups attached to an aromatic ring is 1. The molecule has 3 rings (SSSR count). The highest BCUT2D eigenvalue weighted by atomic mass is 16.5. The molecule has 1 heterocycles. The van der Waals surface area contributed by atoms with Crippen LogP contribution >= 0.6 is 0 Å². The standard InChI is InChI=1S/C19H19N3O2/c1-21-16-10-9-15(13-8-11-17(23)22(2)12-13)19(18(16)20)24-14-6-4-3-5-7-14/h3-12,21H,20H2,1-2H3. The summed E-state index contributed by atoms with van der Waals surface area (Å²) in [6.07, 6.45) is 1.77. The second-order valence-corrected chi connectivity index (χ2v) is 5.44. The number of hydrogen-bond donors (Lipinski definition) is 2. The first-order valence-electron chi connectivity index (χ1n) is 7.60. The zero-order valence-electron chi connectivity index (χ0n) is 13.6. The van der Waals surface area contributed by atoms with Gasteiger partial charge in [-0.15, -0.1) is 0 Å². The van der Waals surface area contributed by atoms with E-state index in [2.05, 4.69) is 5.32 Å². The number of hydrogen-bond acceptors (Lipinski definition) is 4. The summed E-state index contributed by atoms with van der Waals surface area (Å²) in [5.41, 5.74) is 9.22. The van der Waals surface area contributed by atoms with Gasteiger partial charge in [0.05, 0.1) is 11.4 Å². The van der Waals surface area contributed by atoms with Gasteiger partial charge >= 0.3 is 0 Å². The Balaban J connectivity index is 2.16. The van der Waals surface area contributed by atoms with Crippen molar-refractivity contribution in [3.8, 4) is 22.6 Å². The molecule has 3 N–H and O–H groups in total. The third-order valence-electron chi connectivity index (χ3n) is 3.83. The molecule has 0 atom stereocenters. The van der Waals surface area contributed by atoms with Crippen LogP contribution in [0.3, 0.4) is 0 Å². The molecule has 122 valence electrons. The number of ether oxygens (including phenoxy) is 1. The van der Waals surface area contributed by atoms with Crippen LogP contribution in [0.5, 0.6) is 11.5 Å². The highest BCUT2D eigenvalue weighted by Gasteiger charge is 2.15. The molecule has 0 amide bonds. The minimum atomic E-state index is -0.0657. The van der Waals surface area contributed by atoms with Gasteiger partial charge < -0.3 is 20.4 Å². The van der Waals surface area contributed by atoms with Gasteiger partial charge in [0.15, 0.2) is 5.75 Å². The van der Waals surface area contributed by atoms with E-state index >= 15 is 0 Å². The van der Waals surface area contributed by atoms with Crippen LogP contribution in [0.4, 0.5) is 11.4 Å². The molecule has 5 heteroatoms. The van der Waals surface area contributed by atoms with Crippen molar-refractivity contribution in [2.24, 2.45) is 7.05 Å². The van der Waals surface area contributed by atoms with E-state index in [0.717, 1.165) is 16.8 Å². The van der Waals surface area contributed by atoms with Crippen molar-refractivity contribution in [3.05, 3.63) is 71.1 Å². The molecule has 24 heavy (non-hydrogen) atoms. The van der Waals surface area contributed by atoms with Gasteiger partial charge in [-0.2, -0.15) is 0 Å². The van der Waals surface area contributed by atoms with E-state index in [4.69, 9.17) is 10.5 Å². The molecule has 0 unspecified atom stereocenters. The number of nitrogens with one attached hydrogen (secondary N) is 1. The van der Waals surface area contributed by atoms with Crippen LogP contribution in [0.1, 0.15) is 0 Å². The number of nitrogens with two attached hydrogens (primary N) is 1. The van der Waals surface area contributed by atoms with Crippen molar-refractivity contribution >= 4 is 11.4 Å². The van der Waals surface area contributed by atoms with Crippen molar-refractivity contribution in [1.82, 2.24) is 4.57 Å². The van der Waals surface area contributed by atoms with E-state index in [0.29, 0.717) is 17.2 Å². The molecule has 0 aliphatic carbocycles. The number of benzene rings is 2. The molecular weight excluding hydrogens is 302 g/mol. The first-order valence-corrected chi connectivity index (χ1v) is 7.60. The quantitative estimate of drug-likeness (QED) is 0.722. The van der Waals surface area contributed by atoms with Gasteiger partial charge in [0, 0.05) is 37.5 Å². The number of aryl methyl sites for hydroxylation is 1. The van der Waals surface area contributed by atoms with Crippen LogP contribution in [0.2, 0.25) is 0 Å². The van der Waals surface area contributed by atoms with Crippen LogP contribution in [0.15, 0.2) is 65.6 Å². The molecule has 1 aromatic heterocycles. The molecule has 0 aliphatic rings. The molecule has 0 radical (unpaired) electrons. The van der Waals surface area contributed by atoms with Gasteiger partial charge in [-0.05, 0) is 30.3 Å². The maximum Gasteiger partial charge on any atom is 0.250 e. The van der Waals surface area contributed by atoms with Gasteiger partial charge in [-0.3, -0.25) is 4.79 Å². The monoisotopic (exact) mass is 321 g/mol. The molecule has 0 bridgehead atoms. The largest absolute Gasteiger partial charge is 0.454 e. The SMILES string of the molecule is CNc1ccc(-c2ccc(=O)n(C)c2)c(Oc2ccccc2)c1N. The van der Waals surface area contributed by atoms with Crippen LogP contribution < -0.4 is 21.3 Å². The van der Waals surface area contributed by atoms with Crippen LogP contribution in [-0.4, -0.2) is 11.6 Å². The Labute approximate surface area is 140 Å². The molecule has 0 fully saturated rings. The lowest BCUT2D eigenvalue weighted by Crippen LogP contribution is -2.14. The van der Waals surface area contributed by atoms with E-state index in [-0.39, 0.29) is 5.56 Å². The zero-order valence-corrected chi connectivity index (χ0v) is 13.6. The Kier molecular flexibility index (Phi) is 4.24. The summed E-state index contributed by atoms with van der Waals surface area (Å²) in [6.45, 7) is 0. The Hall–Kier alpha value is -3.21. The van der Waals surface area contributed by atoms with Crippen molar-refractivity contribution in [1.29, 1.82) is 0 Å². The predicted molar refractivity (Wildman–Crippen MR) is 97.6 cm³/mol. The summed E-state index contributed by atoms with van der Waals surface area (Å²) in [4.78, 5) is 11.6. The average molecular weight is 321 g/mol. The predicted octanol–water partition coefficient (Wildman–Crippen LogP) is 3.47. The Morgan fingerprint density at radius 3 is 2.46 bits per heavy atom. The number of nitrogens with zero attached hydrogens (tertiary/aromatic N) is 1. The molecule has 2 aromatic carbocycles. The number of pyridine rings is 1. The fraction of sp³-hybridized carbons (Fsp3) is 0.105. The summed E-state index contributed by atoms with van der Waals surface area (Å²) < 4.78 is 7.59. The van der Waals surface area contributed by atoms with E-state index in [1.807, 2.05) is 49.5 Å². The van der Waals surface area contributed by atoms with Crippen molar-refractivity contribution in [2.45, 2.75) is 0 Å². The summed E-state index contributed by atoms with van der Waals surface area (Å²) in [7, 11) is 3.53. The molecule has 5 nitrogen and oxygen atoms in total. The lowest BCUT2D eigenvalue weighted by molar-refractivity contribution is 0.487. The average Bonchev–Trinajstić information content (AvgIpc) is 2.60. The lowest BCUT2D eigenvalue weighted by Gasteiger charge is -2.17. The van der Waals surface area contributed by atoms with E-state index in [1.165, 1.54) is 10.6 Å². The summed E-state index contributed by atoms with van der Waals surface area (Å²) >= 11 is 0. The van der Waals surface area contributed by atoms with Gasteiger partial charge in [-0.25, -0.2) is 0 Å². The highest BCUT2D eigenvalue weighted by molar-refractivity contribution is 5.85. The van der Waals surface area contributed by atoms with Gasteiger partial charge in [0.1, 0.15) is 5.75 Å². The maximum absolute atomic E-state index is 11.6. The minimum Gasteiger partial charge on any atom is -0.454 e. The van der Waals surface area contributed by atoms with E-state index in [1.54, 1.807) is 19.3 Å². The molecule has 0 spiro atoms. The van der Waals surface area contributed by atoms with Crippen molar-refractivity contribution in [2.75, 3.05) is 18.1 Å². The summed E-state index contributed by atoms with van der Waals surface area (Å²) in [5.74, 6) is 1.26. The molecule has 0 saturated heterocycles. The van der Waals surface area contributed by atoms with Gasteiger partial charge in [0.2, 0.25) is 5.56 Å². The smallest absolute Gasteiger partial charge is 0.250 e. The number of rotatable bonds is 4. The topological polar surface area (TPSA) is 69.3 Å². The number of aromatic nitrogens is 1. The normalized spacial score (nSPS) is 10.4. The molecular formula is C19H19N3O2. The lowest BCUT2D eigenvalue weighted by atomic mass is 10.0. The first kappa shape index (κ1) is 15.7. The first-order chi connectivity index (χ1) is 11.6. The second-order valence-electron chi connectivity index (χ2n) is 5.44. The van der Waals surface area contributed by atoms with Crippen molar-refractivity contribution in [3.63, 3.8) is 0 Å². The maximum atomic E-state index is 11.6. The Bertz CT molecular complexity index is 918. The molecule has 0 saturated carbocycles. The number of anilines is 2. The highest BCUT2D eigenvalue weighted by Crippen LogP contribution is 2.41. The summed E-state index contributed by atoms with van der Waals surface area (Å²) in [5, 5.41) is 3.06. The fourth-order valence-corrected chi connectivity index (χ4v) is 2.51. The minimum absolute atomic E-state index is 0.0657. The van der Waals surface area contributed by atoms with Gasteiger partial charge in [0.25, 0.3) is 0 Å². The Morgan fingerprint density at radius 2 is 1.79 bits per heavy atom. The van der Waals surface area contributed by atoms with E-state index < -0.39 is 0 Å². The second kappa shape index (κ2) is 6.50. The summed E-state index contributed by atoms with van der Waals surface area (Å²) in [6, 6.07) is 16.6.